The molecule has 9 heteroatoms. The van der Waals surface area contributed by atoms with Gasteiger partial charge in [0.15, 0.2) is 9.90 Å². The van der Waals surface area contributed by atoms with Gasteiger partial charge in [-0.3, -0.25) is 0 Å². The summed E-state index contributed by atoms with van der Waals surface area (Å²) >= 11 is 2.34. The molecule has 1 aliphatic rings. The van der Waals surface area contributed by atoms with E-state index in [1.54, 1.807) is 0 Å². The van der Waals surface area contributed by atoms with Gasteiger partial charge in [-0.2, -0.15) is 4.31 Å². The van der Waals surface area contributed by atoms with Crippen molar-refractivity contribution in [2.24, 2.45) is 0 Å². The fourth-order valence-electron chi connectivity index (χ4n) is 2.00. The topological polar surface area (TPSA) is 87.6 Å². The molecule has 3 rings (SSSR count). The standard InChI is InChI=1S/C12H12N2O4S3/c15-11(16)10-12(20-7-13-10)21(17,18)14(8-3-4-8)6-9-2-1-5-19-9/h1-2,5,7-8H,3-4,6H2,(H,15,16). The number of thiophene rings is 1. The Kier molecular flexibility index (Phi) is 3.82. The van der Waals surface area contributed by atoms with Gasteiger partial charge in [0.1, 0.15) is 0 Å². The predicted molar refractivity (Wildman–Crippen MR) is 79.1 cm³/mol. The molecule has 0 atom stereocenters. The number of aromatic carboxylic acids is 1. The summed E-state index contributed by atoms with van der Waals surface area (Å²) in [5, 5.41) is 11.0. The highest BCUT2D eigenvalue weighted by Gasteiger charge is 2.41. The van der Waals surface area contributed by atoms with E-state index in [9.17, 15) is 13.2 Å². The first-order chi connectivity index (χ1) is 10.00. The fraction of sp³-hybridized carbons (Fsp3) is 0.333. The number of carboxylic acids is 1. The molecule has 6 nitrogen and oxygen atoms in total. The number of aromatic nitrogens is 1. The van der Waals surface area contributed by atoms with Crippen LogP contribution in [0.4, 0.5) is 0 Å². The zero-order valence-corrected chi connectivity index (χ0v) is 13.2. The quantitative estimate of drug-likeness (QED) is 0.868. The Morgan fingerprint density at radius 2 is 2.19 bits per heavy atom. The Bertz CT molecular complexity index is 747. The van der Waals surface area contributed by atoms with E-state index in [-0.39, 0.29) is 16.8 Å². The lowest BCUT2D eigenvalue weighted by Crippen LogP contribution is -2.32. The summed E-state index contributed by atoms with van der Waals surface area (Å²) in [4.78, 5) is 15.7. The van der Waals surface area contributed by atoms with Gasteiger partial charge in [0.05, 0.1) is 5.51 Å². The molecule has 112 valence electrons. The first kappa shape index (κ1) is 14.6. The predicted octanol–water partition coefficient (Wildman–Crippen LogP) is 2.26. The minimum atomic E-state index is -3.83. The summed E-state index contributed by atoms with van der Waals surface area (Å²) in [5.74, 6) is -1.32. The highest BCUT2D eigenvalue weighted by molar-refractivity contribution is 7.91. The number of thiazole rings is 1. The second kappa shape index (κ2) is 5.48. The van der Waals surface area contributed by atoms with Gasteiger partial charge >= 0.3 is 5.97 Å². The zero-order valence-electron chi connectivity index (χ0n) is 10.8. The molecule has 0 aliphatic heterocycles. The van der Waals surface area contributed by atoms with Crippen LogP contribution in [-0.4, -0.2) is 34.8 Å². The first-order valence-electron chi connectivity index (χ1n) is 6.21. The number of hydrogen-bond donors (Lipinski definition) is 1. The molecule has 1 aliphatic carbocycles. The second-order valence-electron chi connectivity index (χ2n) is 4.65. The van der Waals surface area contributed by atoms with Gasteiger partial charge in [-0.05, 0) is 24.3 Å². The first-order valence-corrected chi connectivity index (χ1v) is 9.41. The van der Waals surface area contributed by atoms with Crippen LogP contribution in [0.3, 0.4) is 0 Å². The summed E-state index contributed by atoms with van der Waals surface area (Å²) in [6.07, 6.45) is 1.62. The minimum absolute atomic E-state index is 0.0409. The maximum absolute atomic E-state index is 12.8. The van der Waals surface area contributed by atoms with Gasteiger partial charge in [-0.25, -0.2) is 18.2 Å². The SMILES string of the molecule is O=C(O)c1ncsc1S(=O)(=O)N(Cc1cccs1)C1CC1. The summed E-state index contributed by atoms with van der Waals surface area (Å²) in [5.41, 5.74) is 0.865. The molecule has 2 heterocycles. The monoisotopic (exact) mass is 344 g/mol. The van der Waals surface area contributed by atoms with Gasteiger partial charge in [-0.15, -0.1) is 22.7 Å². The molecule has 1 saturated carbocycles. The molecule has 21 heavy (non-hydrogen) atoms. The van der Waals surface area contributed by atoms with Gasteiger partial charge in [0, 0.05) is 17.5 Å². The smallest absolute Gasteiger partial charge is 0.356 e. The molecule has 0 aromatic carbocycles. The second-order valence-corrected chi connectivity index (χ2v) is 8.63. The summed E-state index contributed by atoms with van der Waals surface area (Å²) in [6.45, 7) is 0.279. The van der Waals surface area contributed by atoms with Crippen LogP contribution in [0.5, 0.6) is 0 Å². The number of rotatable bonds is 6. The van der Waals surface area contributed by atoms with Crippen LogP contribution in [0.15, 0.2) is 27.2 Å². The van der Waals surface area contributed by atoms with E-state index in [1.807, 2.05) is 17.5 Å². The number of nitrogens with zero attached hydrogens (tertiary/aromatic N) is 2. The normalized spacial score (nSPS) is 15.5. The molecule has 1 fully saturated rings. The van der Waals surface area contributed by atoms with Crippen LogP contribution >= 0.6 is 22.7 Å². The lowest BCUT2D eigenvalue weighted by molar-refractivity contribution is 0.0687. The van der Waals surface area contributed by atoms with Crippen LogP contribution in [0.1, 0.15) is 28.2 Å². The molecule has 1 N–H and O–H groups in total. The highest BCUT2D eigenvalue weighted by atomic mass is 32.2. The van der Waals surface area contributed by atoms with E-state index in [0.29, 0.717) is 0 Å². The maximum Gasteiger partial charge on any atom is 0.356 e. The van der Waals surface area contributed by atoms with Crippen molar-refractivity contribution in [1.82, 2.24) is 9.29 Å². The third-order valence-corrected chi connectivity index (χ3v) is 7.23. The van der Waals surface area contributed by atoms with E-state index >= 15 is 0 Å². The Hall–Kier alpha value is -1.29. The van der Waals surface area contributed by atoms with Crippen molar-refractivity contribution < 1.29 is 18.3 Å². The zero-order chi connectivity index (χ0) is 15.0. The van der Waals surface area contributed by atoms with Gasteiger partial charge in [-0.1, -0.05) is 6.07 Å². The summed E-state index contributed by atoms with van der Waals surface area (Å²) in [7, 11) is -3.83. The molecular weight excluding hydrogens is 332 g/mol. The van der Waals surface area contributed by atoms with Crippen molar-refractivity contribution in [3.8, 4) is 0 Å². The largest absolute Gasteiger partial charge is 0.476 e. The van der Waals surface area contributed by atoms with Crippen LogP contribution in [0.2, 0.25) is 0 Å². The van der Waals surface area contributed by atoms with Crippen molar-refractivity contribution in [2.75, 3.05) is 0 Å². The Morgan fingerprint density at radius 1 is 1.43 bits per heavy atom. The van der Waals surface area contributed by atoms with Crippen molar-refractivity contribution in [3.05, 3.63) is 33.6 Å². The molecule has 0 saturated heterocycles. The third kappa shape index (κ3) is 2.86. The van der Waals surface area contributed by atoms with Crippen LogP contribution in [-0.2, 0) is 16.6 Å². The van der Waals surface area contributed by atoms with Crippen molar-refractivity contribution in [1.29, 1.82) is 0 Å². The van der Waals surface area contributed by atoms with Gasteiger partial charge < -0.3 is 5.11 Å². The fourth-order valence-corrected chi connectivity index (χ4v) is 5.70. The average molecular weight is 344 g/mol. The number of sulfonamides is 1. The van der Waals surface area contributed by atoms with E-state index in [1.165, 1.54) is 21.2 Å². The average Bonchev–Trinajstić information content (AvgIpc) is 2.95. The van der Waals surface area contributed by atoms with Crippen molar-refractivity contribution in [3.63, 3.8) is 0 Å². The molecule has 2 aromatic heterocycles. The lowest BCUT2D eigenvalue weighted by Gasteiger charge is -2.20. The van der Waals surface area contributed by atoms with Crippen LogP contribution in [0.25, 0.3) is 0 Å². The molecular formula is C12H12N2O4S3. The number of carbonyl (C=O) groups is 1. The Morgan fingerprint density at radius 3 is 2.76 bits per heavy atom. The molecule has 2 aromatic rings. The maximum atomic E-state index is 12.8. The molecule has 0 bridgehead atoms. The van der Waals surface area contributed by atoms with Crippen LogP contribution < -0.4 is 0 Å². The molecule has 0 amide bonds. The summed E-state index contributed by atoms with van der Waals surface area (Å²) in [6, 6.07) is 3.70. The number of carboxylic acid groups (broad SMARTS) is 1. The Balaban J connectivity index is 1.97. The van der Waals surface area contributed by atoms with E-state index in [2.05, 4.69) is 4.98 Å². The van der Waals surface area contributed by atoms with Crippen molar-refractivity contribution >= 4 is 38.7 Å². The lowest BCUT2D eigenvalue weighted by atomic mass is 10.4. The third-order valence-electron chi connectivity index (χ3n) is 3.13. The molecule has 0 spiro atoms. The van der Waals surface area contributed by atoms with Gasteiger partial charge in [0.2, 0.25) is 0 Å². The van der Waals surface area contributed by atoms with Crippen LogP contribution in [0, 0.1) is 0 Å². The molecule has 0 radical (unpaired) electrons. The van der Waals surface area contributed by atoms with Gasteiger partial charge in [0.25, 0.3) is 10.0 Å². The van der Waals surface area contributed by atoms with E-state index in [0.717, 1.165) is 29.1 Å². The summed E-state index contributed by atoms with van der Waals surface area (Å²) < 4.78 is 26.7. The Labute approximate surface area is 129 Å². The van der Waals surface area contributed by atoms with E-state index < -0.39 is 21.7 Å². The number of hydrogen-bond acceptors (Lipinski definition) is 6. The van der Waals surface area contributed by atoms with Crippen molar-refractivity contribution in [2.45, 2.75) is 29.6 Å². The highest BCUT2D eigenvalue weighted by Crippen LogP contribution is 2.36. The molecule has 0 unspecified atom stereocenters. The van der Waals surface area contributed by atoms with E-state index in [4.69, 9.17) is 5.11 Å². The minimum Gasteiger partial charge on any atom is -0.476 e.